The molecule has 0 aromatic carbocycles. The maximum Gasteiger partial charge on any atom is 0.240 e. The highest BCUT2D eigenvalue weighted by atomic mass is 32.2. The van der Waals surface area contributed by atoms with Gasteiger partial charge in [-0.05, 0) is 24.7 Å². The number of nitrogens with zero attached hydrogens (tertiary/aromatic N) is 1. The fraction of sp³-hybridized carbons (Fsp3) is 0.917. The highest BCUT2D eigenvalue weighted by Crippen LogP contribution is 2.37. The fourth-order valence-electron chi connectivity index (χ4n) is 2.72. The van der Waals surface area contributed by atoms with Crippen molar-refractivity contribution < 1.29 is 4.79 Å². The number of hydrogen-bond acceptors (Lipinski definition) is 3. The first-order valence-electron chi connectivity index (χ1n) is 6.31. The van der Waals surface area contributed by atoms with Crippen LogP contribution in [-0.4, -0.2) is 41.6 Å². The number of likely N-dealkylation sites (tertiary alicyclic amines) is 1. The SMILES string of the molecule is CCC1(CC)CCN(C(=O)C2CSCN2)C1. The Bertz CT molecular complexity index is 260. The number of rotatable bonds is 3. The van der Waals surface area contributed by atoms with Gasteiger partial charge in [-0.1, -0.05) is 13.8 Å². The molecule has 0 aliphatic carbocycles. The van der Waals surface area contributed by atoms with Crippen LogP contribution in [0.2, 0.25) is 0 Å². The van der Waals surface area contributed by atoms with Crippen LogP contribution in [0, 0.1) is 5.41 Å². The van der Waals surface area contributed by atoms with Gasteiger partial charge in [0.15, 0.2) is 0 Å². The Morgan fingerprint density at radius 1 is 1.50 bits per heavy atom. The summed E-state index contributed by atoms with van der Waals surface area (Å²) in [6.07, 6.45) is 3.58. The molecule has 2 rings (SSSR count). The van der Waals surface area contributed by atoms with Crippen molar-refractivity contribution in [3.8, 4) is 0 Å². The van der Waals surface area contributed by atoms with E-state index in [4.69, 9.17) is 0 Å². The van der Waals surface area contributed by atoms with Gasteiger partial charge in [-0.15, -0.1) is 11.8 Å². The molecule has 2 aliphatic heterocycles. The van der Waals surface area contributed by atoms with Crippen LogP contribution >= 0.6 is 11.8 Å². The fourth-order valence-corrected chi connectivity index (χ4v) is 3.66. The van der Waals surface area contributed by atoms with Gasteiger partial charge >= 0.3 is 0 Å². The van der Waals surface area contributed by atoms with Crippen LogP contribution in [0.3, 0.4) is 0 Å². The topological polar surface area (TPSA) is 32.3 Å². The van der Waals surface area contributed by atoms with Crippen molar-refractivity contribution in [2.45, 2.75) is 39.2 Å². The summed E-state index contributed by atoms with van der Waals surface area (Å²) in [7, 11) is 0. The summed E-state index contributed by atoms with van der Waals surface area (Å²) in [5.74, 6) is 2.20. The molecule has 92 valence electrons. The third-order valence-electron chi connectivity index (χ3n) is 4.26. The molecule has 0 bridgehead atoms. The van der Waals surface area contributed by atoms with Gasteiger partial charge in [0.1, 0.15) is 0 Å². The molecule has 2 fully saturated rings. The molecule has 3 nitrogen and oxygen atoms in total. The first kappa shape index (κ1) is 12.2. The largest absolute Gasteiger partial charge is 0.341 e. The second-order valence-electron chi connectivity index (χ2n) is 4.99. The van der Waals surface area contributed by atoms with E-state index in [1.807, 2.05) is 11.8 Å². The third kappa shape index (κ3) is 2.23. The maximum atomic E-state index is 12.2. The summed E-state index contributed by atoms with van der Waals surface area (Å²) >= 11 is 1.82. The van der Waals surface area contributed by atoms with E-state index in [2.05, 4.69) is 24.1 Å². The zero-order valence-corrected chi connectivity index (χ0v) is 11.1. The Kier molecular flexibility index (Phi) is 3.80. The minimum atomic E-state index is 0.0783. The first-order valence-corrected chi connectivity index (χ1v) is 7.46. The molecular formula is C12H22N2OS. The second kappa shape index (κ2) is 4.96. The predicted molar refractivity (Wildman–Crippen MR) is 68.5 cm³/mol. The third-order valence-corrected chi connectivity index (χ3v) is 5.20. The molecule has 1 atom stereocenters. The molecule has 0 aromatic heterocycles. The lowest BCUT2D eigenvalue weighted by Crippen LogP contribution is -2.44. The maximum absolute atomic E-state index is 12.2. The first-order chi connectivity index (χ1) is 7.71. The van der Waals surface area contributed by atoms with Crippen LogP contribution in [-0.2, 0) is 4.79 Å². The van der Waals surface area contributed by atoms with Crippen LogP contribution in [0.15, 0.2) is 0 Å². The van der Waals surface area contributed by atoms with E-state index in [9.17, 15) is 4.79 Å². The minimum absolute atomic E-state index is 0.0783. The lowest BCUT2D eigenvalue weighted by atomic mass is 9.82. The Morgan fingerprint density at radius 3 is 2.75 bits per heavy atom. The molecule has 2 aliphatic rings. The van der Waals surface area contributed by atoms with Crippen molar-refractivity contribution in [3.05, 3.63) is 0 Å². The molecule has 1 N–H and O–H groups in total. The van der Waals surface area contributed by atoms with Crippen molar-refractivity contribution in [2.24, 2.45) is 5.41 Å². The molecular weight excluding hydrogens is 220 g/mol. The standard InChI is InChI=1S/C12H22N2OS/c1-3-12(4-2)5-6-14(8-12)11(15)10-7-16-9-13-10/h10,13H,3-9H2,1-2H3. The van der Waals surface area contributed by atoms with Crippen LogP contribution in [0.4, 0.5) is 0 Å². The number of carbonyl (C=O) groups excluding carboxylic acids is 1. The van der Waals surface area contributed by atoms with Crippen LogP contribution in [0.5, 0.6) is 0 Å². The van der Waals surface area contributed by atoms with Gasteiger partial charge in [-0.25, -0.2) is 0 Å². The summed E-state index contributed by atoms with van der Waals surface area (Å²) in [5, 5.41) is 3.27. The average molecular weight is 242 g/mol. The predicted octanol–water partition coefficient (Wildman–Crippen LogP) is 1.69. The van der Waals surface area contributed by atoms with Crippen molar-refractivity contribution in [3.63, 3.8) is 0 Å². The van der Waals surface area contributed by atoms with Gasteiger partial charge in [0.2, 0.25) is 5.91 Å². The number of amides is 1. The normalized spacial score (nSPS) is 28.6. The minimum Gasteiger partial charge on any atom is -0.341 e. The lowest BCUT2D eigenvalue weighted by molar-refractivity contribution is -0.132. The Labute approximate surface area is 102 Å². The van der Waals surface area contributed by atoms with Gasteiger partial charge in [-0.2, -0.15) is 0 Å². The molecule has 4 heteroatoms. The van der Waals surface area contributed by atoms with E-state index in [1.54, 1.807) is 0 Å². The van der Waals surface area contributed by atoms with E-state index in [0.717, 1.165) is 24.7 Å². The quantitative estimate of drug-likeness (QED) is 0.817. The summed E-state index contributed by atoms with van der Waals surface area (Å²) in [4.78, 5) is 14.3. The van der Waals surface area contributed by atoms with Gasteiger partial charge in [0.25, 0.3) is 0 Å². The molecule has 2 saturated heterocycles. The molecule has 0 saturated carbocycles. The summed E-state index contributed by atoms with van der Waals surface area (Å²) in [6.45, 7) is 6.44. The van der Waals surface area contributed by atoms with Crippen LogP contribution < -0.4 is 5.32 Å². The van der Waals surface area contributed by atoms with Crippen molar-refractivity contribution in [1.82, 2.24) is 10.2 Å². The smallest absolute Gasteiger partial charge is 0.240 e. The number of nitrogens with one attached hydrogen (secondary N) is 1. The van der Waals surface area contributed by atoms with Crippen molar-refractivity contribution >= 4 is 17.7 Å². The lowest BCUT2D eigenvalue weighted by Gasteiger charge is -2.27. The highest BCUT2D eigenvalue weighted by Gasteiger charge is 2.39. The molecule has 0 radical (unpaired) electrons. The summed E-state index contributed by atoms with van der Waals surface area (Å²) < 4.78 is 0. The van der Waals surface area contributed by atoms with E-state index in [0.29, 0.717) is 11.3 Å². The van der Waals surface area contributed by atoms with Gasteiger partial charge in [0, 0.05) is 24.7 Å². The number of carbonyl (C=O) groups is 1. The average Bonchev–Trinajstić information content (AvgIpc) is 2.98. The zero-order chi connectivity index (χ0) is 11.6. The van der Waals surface area contributed by atoms with Gasteiger partial charge < -0.3 is 4.90 Å². The zero-order valence-electron chi connectivity index (χ0n) is 10.3. The monoisotopic (exact) mass is 242 g/mol. The Hall–Kier alpha value is -0.220. The molecule has 0 aromatic rings. The van der Waals surface area contributed by atoms with Crippen molar-refractivity contribution in [1.29, 1.82) is 0 Å². The Morgan fingerprint density at radius 2 is 2.25 bits per heavy atom. The van der Waals surface area contributed by atoms with Crippen molar-refractivity contribution in [2.75, 3.05) is 24.7 Å². The van der Waals surface area contributed by atoms with E-state index < -0.39 is 0 Å². The molecule has 1 amide bonds. The molecule has 16 heavy (non-hydrogen) atoms. The highest BCUT2D eigenvalue weighted by molar-refractivity contribution is 7.99. The molecule has 0 spiro atoms. The van der Waals surface area contributed by atoms with Gasteiger partial charge in [0.05, 0.1) is 6.04 Å². The Balaban J connectivity index is 1.94. The van der Waals surface area contributed by atoms with Gasteiger partial charge in [-0.3, -0.25) is 10.1 Å². The number of thioether (sulfide) groups is 1. The summed E-state index contributed by atoms with van der Waals surface area (Å²) in [5.41, 5.74) is 0.404. The van der Waals surface area contributed by atoms with E-state index in [1.165, 1.54) is 19.3 Å². The van der Waals surface area contributed by atoms with E-state index in [-0.39, 0.29) is 6.04 Å². The summed E-state index contributed by atoms with van der Waals surface area (Å²) in [6, 6.07) is 0.0783. The molecule has 2 heterocycles. The van der Waals surface area contributed by atoms with Crippen LogP contribution in [0.1, 0.15) is 33.1 Å². The molecule has 1 unspecified atom stereocenters. The van der Waals surface area contributed by atoms with E-state index >= 15 is 0 Å². The van der Waals surface area contributed by atoms with Crippen LogP contribution in [0.25, 0.3) is 0 Å². The second-order valence-corrected chi connectivity index (χ2v) is 6.02. The number of hydrogen-bond donors (Lipinski definition) is 1.